The number of ether oxygens (including phenoxy) is 1. The van der Waals surface area contributed by atoms with Crippen LogP contribution >= 0.6 is 0 Å². The van der Waals surface area contributed by atoms with E-state index >= 15 is 0 Å². The second-order valence-electron chi connectivity index (χ2n) is 7.83. The quantitative estimate of drug-likeness (QED) is 0.681. The third-order valence-corrected chi connectivity index (χ3v) is 5.59. The standard InChI is InChI=1S/C20H31N3O/c1-6-21-19(23(5)13-15-9-7-14(2)8-10-15)22-17-16-11-12-24-18(16)20(17,3)4/h7-10,16-18H,6,11-13H2,1-5H3,(H,21,22). The van der Waals surface area contributed by atoms with Crippen LogP contribution in [0.3, 0.4) is 0 Å². The molecule has 4 heteroatoms. The van der Waals surface area contributed by atoms with Gasteiger partial charge in [0.05, 0.1) is 6.10 Å². The molecule has 0 aromatic heterocycles. The fraction of sp³-hybridized carbons (Fsp3) is 0.650. The minimum Gasteiger partial charge on any atom is -0.377 e. The van der Waals surface area contributed by atoms with E-state index in [9.17, 15) is 0 Å². The molecule has 0 radical (unpaired) electrons. The summed E-state index contributed by atoms with van der Waals surface area (Å²) in [4.78, 5) is 6.96. The summed E-state index contributed by atoms with van der Waals surface area (Å²) in [5, 5.41) is 3.74. The Labute approximate surface area is 146 Å². The number of nitrogens with zero attached hydrogens (tertiary/aromatic N) is 2. The number of hydrogen-bond acceptors (Lipinski definition) is 2. The van der Waals surface area contributed by atoms with Crippen molar-refractivity contribution in [3.63, 3.8) is 0 Å². The lowest BCUT2D eigenvalue weighted by Gasteiger charge is -2.55. The van der Waals surface area contributed by atoms with E-state index in [1.807, 2.05) is 0 Å². The van der Waals surface area contributed by atoms with Gasteiger partial charge in [-0.3, -0.25) is 4.99 Å². The second kappa shape index (κ2) is 6.75. The van der Waals surface area contributed by atoms with Gasteiger partial charge < -0.3 is 15.0 Å². The van der Waals surface area contributed by atoms with E-state index in [2.05, 4.69) is 69.2 Å². The van der Waals surface area contributed by atoms with E-state index in [1.54, 1.807) is 0 Å². The first kappa shape index (κ1) is 17.3. The largest absolute Gasteiger partial charge is 0.377 e. The zero-order valence-corrected chi connectivity index (χ0v) is 15.7. The molecule has 1 aliphatic carbocycles. The summed E-state index contributed by atoms with van der Waals surface area (Å²) in [6, 6.07) is 9.18. The number of rotatable bonds is 4. The SMILES string of the molecule is CCN=C(NC1C2CCOC2C1(C)C)N(C)Cc1ccc(C)cc1. The molecule has 0 bridgehead atoms. The molecule has 3 unspecified atom stereocenters. The highest BCUT2D eigenvalue weighted by Gasteiger charge is 2.59. The van der Waals surface area contributed by atoms with Crippen molar-refractivity contribution in [1.82, 2.24) is 10.2 Å². The summed E-state index contributed by atoms with van der Waals surface area (Å²) in [6.07, 6.45) is 1.56. The van der Waals surface area contributed by atoms with E-state index in [4.69, 9.17) is 9.73 Å². The number of hydrogen-bond donors (Lipinski definition) is 1. The number of nitrogens with one attached hydrogen (secondary N) is 1. The molecule has 132 valence electrons. The maximum atomic E-state index is 5.91. The molecule has 1 aromatic rings. The summed E-state index contributed by atoms with van der Waals surface area (Å²) < 4.78 is 5.91. The summed E-state index contributed by atoms with van der Waals surface area (Å²) >= 11 is 0. The van der Waals surface area contributed by atoms with Crippen LogP contribution in [0.25, 0.3) is 0 Å². The van der Waals surface area contributed by atoms with Crippen molar-refractivity contribution in [2.24, 2.45) is 16.3 Å². The molecule has 1 N–H and O–H groups in total. The van der Waals surface area contributed by atoms with Crippen LogP contribution in [0.5, 0.6) is 0 Å². The van der Waals surface area contributed by atoms with E-state index in [-0.39, 0.29) is 5.41 Å². The topological polar surface area (TPSA) is 36.9 Å². The smallest absolute Gasteiger partial charge is 0.194 e. The Hall–Kier alpha value is -1.55. The molecule has 1 aliphatic heterocycles. The number of aliphatic imine (C=N–C) groups is 1. The molecule has 0 spiro atoms. The first-order valence-corrected chi connectivity index (χ1v) is 9.12. The maximum Gasteiger partial charge on any atom is 0.194 e. The summed E-state index contributed by atoms with van der Waals surface area (Å²) in [5.41, 5.74) is 2.77. The van der Waals surface area contributed by atoms with E-state index in [0.29, 0.717) is 18.1 Å². The molecule has 24 heavy (non-hydrogen) atoms. The van der Waals surface area contributed by atoms with Gasteiger partial charge in [0, 0.05) is 44.1 Å². The van der Waals surface area contributed by atoms with Gasteiger partial charge in [-0.1, -0.05) is 43.7 Å². The average Bonchev–Trinajstić information content (AvgIpc) is 3.00. The Morgan fingerprint density at radius 1 is 1.33 bits per heavy atom. The fourth-order valence-corrected chi connectivity index (χ4v) is 4.22. The second-order valence-corrected chi connectivity index (χ2v) is 7.83. The normalized spacial score (nSPS) is 28.2. The Morgan fingerprint density at radius 2 is 2.04 bits per heavy atom. The molecule has 1 saturated carbocycles. The maximum absolute atomic E-state index is 5.91. The number of benzene rings is 1. The number of guanidine groups is 1. The molecule has 1 aromatic carbocycles. The summed E-state index contributed by atoms with van der Waals surface area (Å²) in [7, 11) is 2.12. The molecule has 1 heterocycles. The highest BCUT2D eigenvalue weighted by atomic mass is 16.5. The van der Waals surface area contributed by atoms with Gasteiger partial charge in [-0.15, -0.1) is 0 Å². The Kier molecular flexibility index (Phi) is 4.86. The van der Waals surface area contributed by atoms with Crippen molar-refractivity contribution < 1.29 is 4.74 Å². The Balaban J connectivity index is 1.68. The van der Waals surface area contributed by atoms with Crippen LogP contribution in [-0.4, -0.2) is 43.2 Å². The summed E-state index contributed by atoms with van der Waals surface area (Å²) in [6.45, 7) is 11.4. The van der Waals surface area contributed by atoms with Crippen molar-refractivity contribution in [2.75, 3.05) is 20.2 Å². The van der Waals surface area contributed by atoms with Crippen LogP contribution in [-0.2, 0) is 11.3 Å². The molecule has 3 rings (SSSR count). The van der Waals surface area contributed by atoms with Crippen LogP contribution in [0.1, 0.15) is 38.3 Å². The third kappa shape index (κ3) is 3.16. The van der Waals surface area contributed by atoms with E-state index in [1.165, 1.54) is 11.1 Å². The lowest BCUT2D eigenvalue weighted by Crippen LogP contribution is -2.67. The van der Waals surface area contributed by atoms with Crippen LogP contribution in [0.15, 0.2) is 29.3 Å². The van der Waals surface area contributed by atoms with Gasteiger partial charge in [-0.25, -0.2) is 0 Å². The van der Waals surface area contributed by atoms with Crippen molar-refractivity contribution >= 4 is 5.96 Å². The lowest BCUT2D eigenvalue weighted by atomic mass is 9.57. The van der Waals surface area contributed by atoms with Crippen molar-refractivity contribution in [2.45, 2.75) is 52.8 Å². The van der Waals surface area contributed by atoms with Crippen LogP contribution in [0.4, 0.5) is 0 Å². The van der Waals surface area contributed by atoms with Crippen LogP contribution in [0.2, 0.25) is 0 Å². The fourth-order valence-electron chi connectivity index (χ4n) is 4.22. The lowest BCUT2D eigenvalue weighted by molar-refractivity contribution is -0.107. The third-order valence-electron chi connectivity index (χ3n) is 5.59. The van der Waals surface area contributed by atoms with E-state index in [0.717, 1.165) is 32.1 Å². The first-order chi connectivity index (χ1) is 11.4. The predicted molar refractivity (Wildman–Crippen MR) is 99.2 cm³/mol. The van der Waals surface area contributed by atoms with Gasteiger partial charge in [0.25, 0.3) is 0 Å². The molecule has 4 nitrogen and oxygen atoms in total. The molecular weight excluding hydrogens is 298 g/mol. The molecule has 2 aliphatic rings. The average molecular weight is 329 g/mol. The highest BCUT2D eigenvalue weighted by molar-refractivity contribution is 5.80. The molecular formula is C20H31N3O. The van der Waals surface area contributed by atoms with Gasteiger partial charge in [-0.2, -0.15) is 0 Å². The van der Waals surface area contributed by atoms with Crippen molar-refractivity contribution in [1.29, 1.82) is 0 Å². The number of fused-ring (bicyclic) bond motifs is 1. The van der Waals surface area contributed by atoms with Gasteiger partial charge >= 0.3 is 0 Å². The van der Waals surface area contributed by atoms with Crippen LogP contribution in [0, 0.1) is 18.3 Å². The van der Waals surface area contributed by atoms with Gasteiger partial charge in [0.15, 0.2) is 5.96 Å². The van der Waals surface area contributed by atoms with Gasteiger partial charge in [-0.05, 0) is 25.8 Å². The summed E-state index contributed by atoms with van der Waals surface area (Å²) in [5.74, 6) is 1.62. The molecule has 3 atom stereocenters. The first-order valence-electron chi connectivity index (χ1n) is 9.12. The van der Waals surface area contributed by atoms with Crippen LogP contribution < -0.4 is 5.32 Å². The molecule has 0 amide bonds. The van der Waals surface area contributed by atoms with Gasteiger partial charge in [0.1, 0.15) is 0 Å². The highest BCUT2D eigenvalue weighted by Crippen LogP contribution is 2.52. The predicted octanol–water partition coefficient (Wildman–Crippen LogP) is 3.21. The zero-order chi connectivity index (χ0) is 17.3. The van der Waals surface area contributed by atoms with E-state index < -0.39 is 0 Å². The number of aryl methyl sites for hydroxylation is 1. The Bertz CT molecular complexity index is 593. The minimum absolute atomic E-state index is 0.167. The van der Waals surface area contributed by atoms with Gasteiger partial charge in [0.2, 0.25) is 0 Å². The molecule has 2 fully saturated rings. The van der Waals surface area contributed by atoms with Crippen molar-refractivity contribution in [3.8, 4) is 0 Å². The van der Waals surface area contributed by atoms with Crippen molar-refractivity contribution in [3.05, 3.63) is 35.4 Å². The zero-order valence-electron chi connectivity index (χ0n) is 15.7. The molecule has 1 saturated heterocycles. The minimum atomic E-state index is 0.167. The monoisotopic (exact) mass is 329 g/mol. The Morgan fingerprint density at radius 3 is 2.71 bits per heavy atom.